The molecule has 0 radical (unpaired) electrons. The highest BCUT2D eigenvalue weighted by Gasteiger charge is 2.37. The minimum Gasteiger partial charge on any atom is -0.337 e. The van der Waals surface area contributed by atoms with Crippen molar-refractivity contribution >= 4 is 5.91 Å². The fourth-order valence-electron chi connectivity index (χ4n) is 2.51. The van der Waals surface area contributed by atoms with Crippen molar-refractivity contribution in [1.29, 1.82) is 0 Å². The van der Waals surface area contributed by atoms with Gasteiger partial charge in [-0.1, -0.05) is 6.92 Å². The molecule has 2 atom stereocenters. The smallest absolute Gasteiger partial charge is 0.224 e. The molecule has 1 aliphatic heterocycles. The van der Waals surface area contributed by atoms with Crippen molar-refractivity contribution in [1.82, 2.24) is 14.7 Å². The molecule has 0 aliphatic carbocycles. The summed E-state index contributed by atoms with van der Waals surface area (Å²) in [6, 6.07) is -0.140. The first-order chi connectivity index (χ1) is 8.04. The lowest BCUT2D eigenvalue weighted by molar-refractivity contribution is -0.127. The lowest BCUT2D eigenvalue weighted by Gasteiger charge is -2.22. The van der Waals surface area contributed by atoms with Gasteiger partial charge in [-0.2, -0.15) is 5.10 Å². The van der Waals surface area contributed by atoms with Gasteiger partial charge in [-0.05, 0) is 13.3 Å². The molecule has 0 bridgehead atoms. The van der Waals surface area contributed by atoms with Gasteiger partial charge in [0.05, 0.1) is 11.7 Å². The zero-order chi connectivity index (χ0) is 12.6. The molecule has 1 aromatic rings. The number of likely N-dealkylation sites (tertiary alicyclic amines) is 1. The van der Waals surface area contributed by atoms with Gasteiger partial charge in [-0.25, -0.2) is 0 Å². The molecular formula is C12H20N4O. The molecule has 1 fully saturated rings. The summed E-state index contributed by atoms with van der Waals surface area (Å²) >= 11 is 0. The normalized spacial score (nSPS) is 24.7. The number of likely N-dealkylation sites (N-methyl/N-ethyl adjacent to an activating group) is 1. The van der Waals surface area contributed by atoms with E-state index in [4.69, 9.17) is 5.73 Å². The molecule has 5 heteroatoms. The maximum atomic E-state index is 11.6. The van der Waals surface area contributed by atoms with Crippen LogP contribution in [0.4, 0.5) is 0 Å². The summed E-state index contributed by atoms with van der Waals surface area (Å²) in [5.41, 5.74) is 8.10. The number of amides is 1. The third kappa shape index (κ3) is 2.07. The number of aryl methyl sites for hydroxylation is 2. The number of nitrogens with two attached hydrogens (primary N) is 1. The third-order valence-corrected chi connectivity index (χ3v) is 3.38. The molecule has 0 unspecified atom stereocenters. The van der Waals surface area contributed by atoms with Crippen LogP contribution in [0.2, 0.25) is 0 Å². The fourth-order valence-corrected chi connectivity index (χ4v) is 2.51. The molecule has 1 amide bonds. The topological polar surface area (TPSA) is 64.2 Å². The van der Waals surface area contributed by atoms with Crippen LogP contribution < -0.4 is 5.73 Å². The molecule has 94 valence electrons. The largest absolute Gasteiger partial charge is 0.337 e. The number of carbonyl (C=O) groups is 1. The predicted octanol–water partition coefficient (Wildman–Crippen LogP) is 0.832. The number of hydrogen-bond acceptors (Lipinski definition) is 3. The van der Waals surface area contributed by atoms with Crippen molar-refractivity contribution in [2.75, 3.05) is 7.05 Å². The SMILES string of the molecule is CCCn1cc([C@@H]2[C@@H](N)CC(=O)N2C)c(C)n1. The van der Waals surface area contributed by atoms with E-state index >= 15 is 0 Å². The highest BCUT2D eigenvalue weighted by atomic mass is 16.2. The standard InChI is InChI=1S/C12H20N4O/c1-4-5-16-7-9(8(2)14-16)12-10(13)6-11(17)15(12)3/h7,10,12H,4-6,13H2,1-3H3/t10-,12+/m0/s1. The monoisotopic (exact) mass is 236 g/mol. The molecule has 1 aliphatic rings. The van der Waals surface area contributed by atoms with Crippen LogP contribution in [0.3, 0.4) is 0 Å². The molecule has 1 aromatic heterocycles. The van der Waals surface area contributed by atoms with Gasteiger partial charge in [0.2, 0.25) is 5.91 Å². The first kappa shape index (κ1) is 12.1. The minimum absolute atomic E-state index is 0.0203. The summed E-state index contributed by atoms with van der Waals surface area (Å²) in [6.45, 7) is 5.00. The zero-order valence-corrected chi connectivity index (χ0v) is 10.7. The first-order valence-electron chi connectivity index (χ1n) is 6.09. The average Bonchev–Trinajstić information content (AvgIpc) is 2.71. The molecule has 2 heterocycles. The van der Waals surface area contributed by atoms with E-state index in [0.29, 0.717) is 6.42 Å². The zero-order valence-electron chi connectivity index (χ0n) is 10.7. The van der Waals surface area contributed by atoms with Crippen LogP contribution >= 0.6 is 0 Å². The number of rotatable bonds is 3. The van der Waals surface area contributed by atoms with E-state index in [-0.39, 0.29) is 18.0 Å². The van der Waals surface area contributed by atoms with Crippen molar-refractivity contribution in [2.45, 2.75) is 45.3 Å². The maximum Gasteiger partial charge on any atom is 0.224 e. The second-order valence-corrected chi connectivity index (χ2v) is 4.75. The highest BCUT2D eigenvalue weighted by molar-refractivity contribution is 5.80. The molecule has 0 spiro atoms. The van der Waals surface area contributed by atoms with E-state index in [1.807, 2.05) is 24.9 Å². The lowest BCUT2D eigenvalue weighted by Crippen LogP contribution is -2.30. The average molecular weight is 236 g/mol. The summed E-state index contributed by atoms with van der Waals surface area (Å²) < 4.78 is 1.94. The van der Waals surface area contributed by atoms with Crippen LogP contribution in [-0.2, 0) is 11.3 Å². The number of aromatic nitrogens is 2. The summed E-state index contributed by atoms with van der Waals surface area (Å²) in [7, 11) is 1.82. The van der Waals surface area contributed by atoms with E-state index in [1.54, 1.807) is 4.90 Å². The van der Waals surface area contributed by atoms with Crippen LogP contribution in [0.1, 0.15) is 37.1 Å². The summed E-state index contributed by atoms with van der Waals surface area (Å²) in [5.74, 6) is 0.116. The minimum atomic E-state index is -0.120. The number of nitrogens with zero attached hydrogens (tertiary/aromatic N) is 3. The predicted molar refractivity (Wildman–Crippen MR) is 65.4 cm³/mol. The first-order valence-corrected chi connectivity index (χ1v) is 6.09. The summed E-state index contributed by atoms with van der Waals surface area (Å²) in [4.78, 5) is 13.4. The molecule has 17 heavy (non-hydrogen) atoms. The Labute approximate surface area is 102 Å². The van der Waals surface area contributed by atoms with Gasteiger partial charge in [0.1, 0.15) is 0 Å². The van der Waals surface area contributed by atoms with Gasteiger partial charge in [-0.15, -0.1) is 0 Å². The quantitative estimate of drug-likeness (QED) is 0.845. The van der Waals surface area contributed by atoms with Crippen LogP contribution in [0.15, 0.2) is 6.20 Å². The van der Waals surface area contributed by atoms with Crippen LogP contribution in [0.25, 0.3) is 0 Å². The molecule has 2 rings (SSSR count). The van der Waals surface area contributed by atoms with Crippen molar-refractivity contribution in [3.05, 3.63) is 17.5 Å². The summed E-state index contributed by atoms with van der Waals surface area (Å²) in [6.07, 6.45) is 3.50. The van der Waals surface area contributed by atoms with Crippen LogP contribution in [0.5, 0.6) is 0 Å². The van der Waals surface area contributed by atoms with Crippen LogP contribution in [0, 0.1) is 6.92 Å². The summed E-state index contributed by atoms with van der Waals surface area (Å²) in [5, 5.41) is 4.46. The molecule has 5 nitrogen and oxygen atoms in total. The molecule has 1 saturated heterocycles. The Kier molecular flexibility index (Phi) is 3.19. The Morgan fingerprint density at radius 1 is 1.59 bits per heavy atom. The second-order valence-electron chi connectivity index (χ2n) is 4.75. The highest BCUT2D eigenvalue weighted by Crippen LogP contribution is 2.32. The molecule has 0 aromatic carbocycles. The molecule has 2 N–H and O–H groups in total. The lowest BCUT2D eigenvalue weighted by atomic mass is 10.0. The van der Waals surface area contributed by atoms with Gasteiger partial charge in [0, 0.05) is 37.8 Å². The molecular weight excluding hydrogens is 216 g/mol. The van der Waals surface area contributed by atoms with E-state index < -0.39 is 0 Å². The second kappa shape index (κ2) is 4.49. The van der Waals surface area contributed by atoms with E-state index in [0.717, 1.165) is 24.2 Å². The Balaban J connectivity index is 2.30. The van der Waals surface area contributed by atoms with Gasteiger partial charge >= 0.3 is 0 Å². The van der Waals surface area contributed by atoms with Crippen molar-refractivity contribution in [2.24, 2.45) is 5.73 Å². The molecule has 0 saturated carbocycles. The van der Waals surface area contributed by atoms with Gasteiger partial charge in [-0.3, -0.25) is 9.48 Å². The van der Waals surface area contributed by atoms with Gasteiger partial charge in [0.25, 0.3) is 0 Å². The van der Waals surface area contributed by atoms with E-state index in [9.17, 15) is 4.79 Å². The van der Waals surface area contributed by atoms with Gasteiger partial charge in [0.15, 0.2) is 0 Å². The fraction of sp³-hybridized carbons (Fsp3) is 0.667. The van der Waals surface area contributed by atoms with E-state index in [2.05, 4.69) is 12.0 Å². The van der Waals surface area contributed by atoms with Gasteiger partial charge < -0.3 is 10.6 Å². The van der Waals surface area contributed by atoms with Crippen molar-refractivity contribution in [3.8, 4) is 0 Å². The maximum absolute atomic E-state index is 11.6. The number of carbonyl (C=O) groups excluding carboxylic acids is 1. The third-order valence-electron chi connectivity index (χ3n) is 3.38. The van der Waals surface area contributed by atoms with Crippen molar-refractivity contribution in [3.63, 3.8) is 0 Å². The Hall–Kier alpha value is -1.36. The Morgan fingerprint density at radius 2 is 2.29 bits per heavy atom. The number of hydrogen-bond donors (Lipinski definition) is 1. The van der Waals surface area contributed by atoms with Crippen molar-refractivity contribution < 1.29 is 4.79 Å². The van der Waals surface area contributed by atoms with Crippen LogP contribution in [-0.4, -0.2) is 33.7 Å². The van der Waals surface area contributed by atoms with E-state index in [1.165, 1.54) is 0 Å². The Morgan fingerprint density at radius 3 is 2.82 bits per heavy atom. The Bertz CT molecular complexity index is 426.